The maximum atomic E-state index is 10.5. The molecule has 94 valence electrons. The summed E-state index contributed by atoms with van der Waals surface area (Å²) in [5.74, 6) is -0.539. The van der Waals surface area contributed by atoms with Crippen LogP contribution < -0.4 is 4.74 Å². The molecule has 1 N–H and O–H groups in total. The van der Waals surface area contributed by atoms with Crippen molar-refractivity contribution in [2.45, 2.75) is 12.8 Å². The van der Waals surface area contributed by atoms with E-state index in [1.165, 1.54) is 6.08 Å². The molecule has 0 aromatic heterocycles. The second-order valence-electron chi connectivity index (χ2n) is 3.43. The predicted molar refractivity (Wildman–Crippen MR) is 68.5 cm³/mol. The third-order valence-electron chi connectivity index (χ3n) is 2.10. The van der Waals surface area contributed by atoms with Crippen LogP contribution in [-0.4, -0.2) is 17.7 Å². The average molecular weight is 266 g/mol. The van der Waals surface area contributed by atoms with Gasteiger partial charge in [0, 0.05) is 18.1 Å². The van der Waals surface area contributed by atoms with Gasteiger partial charge < -0.3 is 9.84 Å². The van der Waals surface area contributed by atoms with E-state index in [4.69, 9.17) is 26.7 Å². The van der Waals surface area contributed by atoms with Gasteiger partial charge in [0.1, 0.15) is 5.75 Å². The molecule has 0 fully saturated rings. The molecule has 0 radical (unpaired) electrons. The Balaban J connectivity index is 2.80. The molecule has 0 saturated carbocycles. The first-order valence-corrected chi connectivity index (χ1v) is 5.72. The Morgan fingerprint density at radius 1 is 1.56 bits per heavy atom. The molecule has 1 rings (SSSR count). The van der Waals surface area contributed by atoms with Crippen molar-refractivity contribution in [1.29, 1.82) is 5.26 Å². The van der Waals surface area contributed by atoms with Crippen molar-refractivity contribution in [1.82, 2.24) is 0 Å². The van der Waals surface area contributed by atoms with E-state index in [1.54, 1.807) is 18.2 Å². The second-order valence-corrected chi connectivity index (χ2v) is 3.84. The number of rotatable bonds is 6. The van der Waals surface area contributed by atoms with E-state index in [0.717, 1.165) is 6.08 Å². The third-order valence-corrected chi connectivity index (χ3v) is 2.43. The summed E-state index contributed by atoms with van der Waals surface area (Å²) in [6.45, 7) is 0.391. The van der Waals surface area contributed by atoms with Gasteiger partial charge >= 0.3 is 5.97 Å². The topological polar surface area (TPSA) is 70.3 Å². The number of ether oxygens (including phenoxy) is 1. The van der Waals surface area contributed by atoms with Crippen LogP contribution in [0.4, 0.5) is 0 Å². The van der Waals surface area contributed by atoms with Gasteiger partial charge in [-0.25, -0.2) is 4.79 Å². The number of nitrogens with zero attached hydrogens (tertiary/aromatic N) is 1. The minimum Gasteiger partial charge on any atom is -0.493 e. The number of nitriles is 1. The minimum atomic E-state index is -1.05. The van der Waals surface area contributed by atoms with Crippen LogP contribution in [0, 0.1) is 11.3 Å². The minimum absolute atomic E-state index is 0.391. The van der Waals surface area contributed by atoms with Crippen LogP contribution in [0.25, 0.3) is 6.08 Å². The van der Waals surface area contributed by atoms with Crippen LogP contribution in [0.5, 0.6) is 5.75 Å². The standard InChI is InChI=1S/C13H12ClNO3/c14-11-4-3-5-12(18-9-2-1-8-15)10(11)6-7-13(16)17/h3-7H,1-2,9H2,(H,16,17)/b7-6+. The van der Waals surface area contributed by atoms with Gasteiger partial charge in [-0.1, -0.05) is 17.7 Å². The first kappa shape index (κ1) is 14.1. The highest BCUT2D eigenvalue weighted by Crippen LogP contribution is 2.27. The Bertz CT molecular complexity index is 491. The molecule has 0 unspecified atom stereocenters. The highest BCUT2D eigenvalue weighted by molar-refractivity contribution is 6.32. The number of aliphatic carboxylic acids is 1. The van der Waals surface area contributed by atoms with Gasteiger partial charge in [0.15, 0.2) is 0 Å². The first-order valence-electron chi connectivity index (χ1n) is 5.34. The molecular weight excluding hydrogens is 254 g/mol. The third kappa shape index (κ3) is 4.48. The summed E-state index contributed by atoms with van der Waals surface area (Å²) in [6.07, 6.45) is 3.43. The number of carbonyl (C=O) groups is 1. The van der Waals surface area contributed by atoms with Crippen LogP contribution in [0.2, 0.25) is 5.02 Å². The molecule has 0 spiro atoms. The molecule has 0 saturated heterocycles. The van der Waals surface area contributed by atoms with Crippen LogP contribution in [0.1, 0.15) is 18.4 Å². The van der Waals surface area contributed by atoms with Gasteiger partial charge in [0.25, 0.3) is 0 Å². The summed E-state index contributed by atoms with van der Waals surface area (Å²) in [5.41, 5.74) is 0.526. The smallest absolute Gasteiger partial charge is 0.328 e. The highest BCUT2D eigenvalue weighted by Gasteiger charge is 2.05. The first-order chi connectivity index (χ1) is 8.65. The van der Waals surface area contributed by atoms with Crippen LogP contribution >= 0.6 is 11.6 Å². The fraction of sp³-hybridized carbons (Fsp3) is 0.231. The lowest BCUT2D eigenvalue weighted by atomic mass is 10.2. The Morgan fingerprint density at radius 3 is 3.00 bits per heavy atom. The summed E-state index contributed by atoms with van der Waals surface area (Å²) < 4.78 is 5.47. The van der Waals surface area contributed by atoms with Crippen molar-refractivity contribution >= 4 is 23.6 Å². The lowest BCUT2D eigenvalue weighted by molar-refractivity contribution is -0.131. The van der Waals surface area contributed by atoms with Crippen LogP contribution in [0.15, 0.2) is 24.3 Å². The normalized spacial score (nSPS) is 10.2. The van der Waals surface area contributed by atoms with Crippen molar-refractivity contribution in [2.75, 3.05) is 6.61 Å². The van der Waals surface area contributed by atoms with Crippen LogP contribution in [-0.2, 0) is 4.79 Å². The number of unbranched alkanes of at least 4 members (excludes halogenated alkanes) is 1. The SMILES string of the molecule is N#CCCCOc1cccc(Cl)c1/C=C/C(=O)O. The molecule has 4 nitrogen and oxygen atoms in total. The summed E-state index contributed by atoms with van der Waals surface area (Å²) >= 11 is 5.98. The van der Waals surface area contributed by atoms with E-state index in [2.05, 4.69) is 0 Å². The molecule has 0 aliphatic carbocycles. The zero-order valence-corrected chi connectivity index (χ0v) is 10.4. The summed E-state index contributed by atoms with van der Waals surface area (Å²) in [4.78, 5) is 10.5. The zero-order chi connectivity index (χ0) is 13.4. The zero-order valence-electron chi connectivity index (χ0n) is 9.60. The van der Waals surface area contributed by atoms with Crippen molar-refractivity contribution in [3.8, 4) is 11.8 Å². The molecule has 0 bridgehead atoms. The molecular formula is C13H12ClNO3. The van der Waals surface area contributed by atoms with Crippen molar-refractivity contribution < 1.29 is 14.6 Å². The van der Waals surface area contributed by atoms with Gasteiger partial charge in [0.2, 0.25) is 0 Å². The van der Waals surface area contributed by atoms with E-state index < -0.39 is 5.97 Å². The Labute approximate surface area is 110 Å². The maximum absolute atomic E-state index is 10.5. The number of carboxylic acids is 1. The van der Waals surface area contributed by atoms with Gasteiger partial charge in [-0.3, -0.25) is 0 Å². The molecule has 18 heavy (non-hydrogen) atoms. The number of hydrogen-bond acceptors (Lipinski definition) is 3. The largest absolute Gasteiger partial charge is 0.493 e. The maximum Gasteiger partial charge on any atom is 0.328 e. The lowest BCUT2D eigenvalue weighted by Gasteiger charge is -2.09. The summed E-state index contributed by atoms with van der Waals surface area (Å²) in [7, 11) is 0. The van der Waals surface area contributed by atoms with E-state index in [9.17, 15) is 4.79 Å². The average Bonchev–Trinajstić information content (AvgIpc) is 2.33. The molecule has 0 amide bonds. The quantitative estimate of drug-likeness (QED) is 0.634. The summed E-state index contributed by atoms with van der Waals surface area (Å²) in [5, 5.41) is 17.4. The fourth-order valence-electron chi connectivity index (χ4n) is 1.29. The predicted octanol–water partition coefficient (Wildman–Crippen LogP) is 3.12. The molecule has 0 aliphatic heterocycles. The lowest BCUT2D eigenvalue weighted by Crippen LogP contribution is -1.99. The number of benzene rings is 1. The number of carboxylic acid groups (broad SMARTS) is 1. The second kappa shape index (κ2) is 7.36. The van der Waals surface area contributed by atoms with E-state index in [0.29, 0.717) is 35.8 Å². The van der Waals surface area contributed by atoms with Crippen molar-refractivity contribution in [3.05, 3.63) is 34.9 Å². The molecule has 1 aromatic rings. The van der Waals surface area contributed by atoms with Gasteiger partial charge in [0.05, 0.1) is 17.7 Å². The molecule has 0 aliphatic rings. The molecule has 0 atom stereocenters. The van der Waals surface area contributed by atoms with E-state index in [1.807, 2.05) is 6.07 Å². The van der Waals surface area contributed by atoms with Gasteiger partial charge in [-0.2, -0.15) is 5.26 Å². The molecule has 5 heteroatoms. The molecule has 0 heterocycles. The van der Waals surface area contributed by atoms with Crippen LogP contribution in [0.3, 0.4) is 0 Å². The number of halogens is 1. The summed E-state index contributed by atoms with van der Waals surface area (Å²) in [6, 6.07) is 7.11. The highest BCUT2D eigenvalue weighted by atomic mass is 35.5. The Hall–Kier alpha value is -1.99. The Kier molecular flexibility index (Phi) is 5.75. The van der Waals surface area contributed by atoms with E-state index >= 15 is 0 Å². The van der Waals surface area contributed by atoms with E-state index in [-0.39, 0.29) is 0 Å². The molecule has 1 aromatic carbocycles. The van der Waals surface area contributed by atoms with Gasteiger partial charge in [-0.05, 0) is 24.6 Å². The monoisotopic (exact) mass is 265 g/mol. The van der Waals surface area contributed by atoms with Crippen molar-refractivity contribution in [2.24, 2.45) is 0 Å². The number of hydrogen-bond donors (Lipinski definition) is 1. The Morgan fingerprint density at radius 2 is 2.33 bits per heavy atom. The van der Waals surface area contributed by atoms with Crippen molar-refractivity contribution in [3.63, 3.8) is 0 Å². The fourth-order valence-corrected chi connectivity index (χ4v) is 1.52. The van der Waals surface area contributed by atoms with Gasteiger partial charge in [-0.15, -0.1) is 0 Å².